The quantitative estimate of drug-likeness (QED) is 0.655. The maximum Gasteiger partial charge on any atom is 0.0575 e. The third kappa shape index (κ3) is 1.89. The normalized spacial score (nSPS) is 34.8. The number of hydroxylamine groups is 2. The maximum atomic E-state index is 5.55. The highest BCUT2D eigenvalue weighted by Gasteiger charge is 2.43. The minimum absolute atomic E-state index is 0.192. The molecular weight excluding hydrogens is 162 g/mol. The van der Waals surface area contributed by atoms with E-state index in [-0.39, 0.29) is 11.1 Å². The van der Waals surface area contributed by atoms with Gasteiger partial charge in [0.15, 0.2) is 0 Å². The largest absolute Gasteiger partial charge is 0.301 e. The smallest absolute Gasteiger partial charge is 0.0575 e. The zero-order valence-electron chi connectivity index (χ0n) is 9.68. The lowest BCUT2D eigenvalue weighted by Crippen LogP contribution is -2.58. The Bertz CT molecular complexity index is 179. The summed E-state index contributed by atoms with van der Waals surface area (Å²) in [7, 11) is 1.79. The van der Waals surface area contributed by atoms with Crippen LogP contribution in [0.25, 0.3) is 0 Å². The van der Waals surface area contributed by atoms with Crippen LogP contribution in [0.5, 0.6) is 0 Å². The van der Waals surface area contributed by atoms with Crippen LogP contribution >= 0.6 is 0 Å². The van der Waals surface area contributed by atoms with Crippen LogP contribution in [-0.2, 0) is 4.84 Å². The molecule has 1 saturated heterocycles. The van der Waals surface area contributed by atoms with E-state index in [1.165, 1.54) is 19.3 Å². The molecular formula is C11H23NO. The maximum absolute atomic E-state index is 5.55. The van der Waals surface area contributed by atoms with Gasteiger partial charge in [-0.05, 0) is 46.5 Å². The zero-order valence-corrected chi connectivity index (χ0v) is 9.68. The first-order valence-corrected chi connectivity index (χ1v) is 5.31. The van der Waals surface area contributed by atoms with Crippen LogP contribution in [0.1, 0.15) is 53.4 Å². The van der Waals surface area contributed by atoms with Gasteiger partial charge in [-0.2, -0.15) is 5.06 Å². The number of hydrogen-bond donors (Lipinski definition) is 0. The molecule has 0 amide bonds. The molecule has 1 rings (SSSR count). The van der Waals surface area contributed by atoms with E-state index < -0.39 is 0 Å². The van der Waals surface area contributed by atoms with Crippen molar-refractivity contribution in [2.45, 2.75) is 64.5 Å². The summed E-state index contributed by atoms with van der Waals surface area (Å²) in [5, 5.41) is 2.20. The average Bonchev–Trinajstić information content (AvgIpc) is 2.03. The molecule has 1 unspecified atom stereocenters. The average molecular weight is 185 g/mol. The summed E-state index contributed by atoms with van der Waals surface area (Å²) in [5.41, 5.74) is 0.425. The molecule has 2 nitrogen and oxygen atoms in total. The molecule has 0 saturated carbocycles. The number of hydrogen-bond acceptors (Lipinski definition) is 2. The van der Waals surface area contributed by atoms with E-state index in [1.54, 1.807) is 7.11 Å². The lowest BCUT2D eigenvalue weighted by Gasteiger charge is -2.52. The van der Waals surface area contributed by atoms with Crippen LogP contribution in [0.3, 0.4) is 0 Å². The van der Waals surface area contributed by atoms with Gasteiger partial charge in [-0.25, -0.2) is 0 Å². The Hall–Kier alpha value is -0.0800. The Morgan fingerprint density at radius 3 is 2.23 bits per heavy atom. The molecule has 2 heteroatoms. The van der Waals surface area contributed by atoms with E-state index in [2.05, 4.69) is 32.8 Å². The van der Waals surface area contributed by atoms with Crippen molar-refractivity contribution in [1.82, 2.24) is 5.06 Å². The molecule has 0 aromatic carbocycles. The van der Waals surface area contributed by atoms with Gasteiger partial charge in [0.25, 0.3) is 0 Å². The molecule has 78 valence electrons. The standard InChI is InChI=1S/C11H23NO/c1-6-11(4)9-7-8-10(2,3)12(11)13-5/h6-9H2,1-5H3. The fourth-order valence-corrected chi connectivity index (χ4v) is 2.62. The van der Waals surface area contributed by atoms with E-state index in [0.717, 1.165) is 6.42 Å². The highest BCUT2D eigenvalue weighted by molar-refractivity contribution is 4.94. The first-order valence-electron chi connectivity index (χ1n) is 5.31. The molecule has 0 spiro atoms. The van der Waals surface area contributed by atoms with E-state index >= 15 is 0 Å². The Morgan fingerprint density at radius 1 is 1.23 bits per heavy atom. The molecule has 0 aliphatic carbocycles. The van der Waals surface area contributed by atoms with Gasteiger partial charge in [0, 0.05) is 11.1 Å². The first kappa shape index (κ1) is 11.0. The molecule has 0 aromatic heterocycles. The van der Waals surface area contributed by atoms with Crippen molar-refractivity contribution in [3.8, 4) is 0 Å². The third-order valence-corrected chi connectivity index (χ3v) is 3.49. The van der Waals surface area contributed by atoms with Crippen molar-refractivity contribution in [2.24, 2.45) is 0 Å². The van der Waals surface area contributed by atoms with E-state index in [1.807, 2.05) is 0 Å². The van der Waals surface area contributed by atoms with E-state index in [0.29, 0.717) is 0 Å². The zero-order chi connectivity index (χ0) is 10.1. The summed E-state index contributed by atoms with van der Waals surface area (Å²) in [4.78, 5) is 5.55. The van der Waals surface area contributed by atoms with Crippen molar-refractivity contribution < 1.29 is 4.84 Å². The summed E-state index contributed by atoms with van der Waals surface area (Å²) in [6.07, 6.45) is 4.96. The second-order valence-corrected chi connectivity index (χ2v) is 4.99. The Kier molecular flexibility index (Phi) is 3.03. The van der Waals surface area contributed by atoms with E-state index in [9.17, 15) is 0 Å². The topological polar surface area (TPSA) is 12.5 Å². The molecule has 1 fully saturated rings. The highest BCUT2D eigenvalue weighted by atomic mass is 16.7. The predicted molar refractivity (Wildman–Crippen MR) is 55.5 cm³/mol. The van der Waals surface area contributed by atoms with Crippen molar-refractivity contribution >= 4 is 0 Å². The lowest BCUT2D eigenvalue weighted by atomic mass is 9.79. The van der Waals surface area contributed by atoms with Gasteiger partial charge in [0.05, 0.1) is 7.11 Å². The van der Waals surface area contributed by atoms with Crippen LogP contribution in [0.2, 0.25) is 0 Å². The molecule has 0 bridgehead atoms. The number of rotatable bonds is 2. The van der Waals surface area contributed by atoms with Crippen LogP contribution in [0.4, 0.5) is 0 Å². The van der Waals surface area contributed by atoms with Gasteiger partial charge in [0.2, 0.25) is 0 Å². The second kappa shape index (κ2) is 3.58. The van der Waals surface area contributed by atoms with Crippen molar-refractivity contribution in [1.29, 1.82) is 0 Å². The van der Waals surface area contributed by atoms with Gasteiger partial charge < -0.3 is 4.84 Å². The van der Waals surface area contributed by atoms with Crippen LogP contribution < -0.4 is 0 Å². The summed E-state index contributed by atoms with van der Waals surface area (Å²) in [6.45, 7) is 9.08. The SMILES string of the molecule is CCC1(C)CCCC(C)(C)N1OC. The molecule has 1 heterocycles. The fourth-order valence-electron chi connectivity index (χ4n) is 2.62. The minimum Gasteiger partial charge on any atom is -0.301 e. The number of piperidine rings is 1. The van der Waals surface area contributed by atoms with Gasteiger partial charge in [0.1, 0.15) is 0 Å². The second-order valence-electron chi connectivity index (χ2n) is 4.99. The van der Waals surface area contributed by atoms with Crippen LogP contribution in [0, 0.1) is 0 Å². The Balaban J connectivity index is 2.86. The van der Waals surface area contributed by atoms with Crippen LogP contribution in [-0.4, -0.2) is 23.3 Å². The number of nitrogens with zero attached hydrogens (tertiary/aromatic N) is 1. The third-order valence-electron chi connectivity index (χ3n) is 3.49. The molecule has 0 N–H and O–H groups in total. The summed E-state index contributed by atoms with van der Waals surface area (Å²) >= 11 is 0. The predicted octanol–water partition coefficient (Wildman–Crippen LogP) is 2.98. The summed E-state index contributed by atoms with van der Waals surface area (Å²) < 4.78 is 0. The molecule has 1 aliphatic rings. The summed E-state index contributed by atoms with van der Waals surface area (Å²) in [5.74, 6) is 0. The molecule has 0 radical (unpaired) electrons. The first-order chi connectivity index (χ1) is 5.96. The van der Waals surface area contributed by atoms with Crippen molar-refractivity contribution in [3.63, 3.8) is 0 Å². The monoisotopic (exact) mass is 185 g/mol. The molecule has 0 aromatic rings. The van der Waals surface area contributed by atoms with Gasteiger partial charge in [-0.1, -0.05) is 6.92 Å². The van der Waals surface area contributed by atoms with Gasteiger partial charge in [-0.3, -0.25) is 0 Å². The molecule has 13 heavy (non-hydrogen) atoms. The van der Waals surface area contributed by atoms with Gasteiger partial charge in [-0.15, -0.1) is 0 Å². The van der Waals surface area contributed by atoms with E-state index in [4.69, 9.17) is 4.84 Å². The van der Waals surface area contributed by atoms with Crippen LogP contribution in [0.15, 0.2) is 0 Å². The summed E-state index contributed by atoms with van der Waals surface area (Å²) in [6, 6.07) is 0. The Labute approximate surface area is 82.2 Å². The molecule has 1 aliphatic heterocycles. The minimum atomic E-state index is 0.192. The molecule has 1 atom stereocenters. The van der Waals surface area contributed by atoms with Crippen molar-refractivity contribution in [3.05, 3.63) is 0 Å². The highest BCUT2D eigenvalue weighted by Crippen LogP contribution is 2.39. The lowest BCUT2D eigenvalue weighted by molar-refractivity contribution is -0.269. The Morgan fingerprint density at radius 2 is 1.85 bits per heavy atom. The van der Waals surface area contributed by atoms with Crippen molar-refractivity contribution in [2.75, 3.05) is 7.11 Å². The fraction of sp³-hybridized carbons (Fsp3) is 1.00. The van der Waals surface area contributed by atoms with Gasteiger partial charge >= 0.3 is 0 Å².